The maximum absolute atomic E-state index is 14.0. The molecule has 0 radical (unpaired) electrons. The van der Waals surface area contributed by atoms with Gasteiger partial charge in [-0.15, -0.1) is 0 Å². The van der Waals surface area contributed by atoms with Gasteiger partial charge in [-0.2, -0.15) is 0 Å². The molecule has 4 nitrogen and oxygen atoms in total. The quantitative estimate of drug-likeness (QED) is 0.785. The fourth-order valence-corrected chi connectivity index (χ4v) is 2.06. The highest BCUT2D eigenvalue weighted by atomic mass is 19.1. The van der Waals surface area contributed by atoms with Crippen LogP contribution < -0.4 is 5.73 Å². The molecule has 0 aliphatic heterocycles. The molecule has 0 aliphatic carbocycles. The van der Waals surface area contributed by atoms with Crippen LogP contribution in [0.5, 0.6) is 0 Å². The average Bonchev–Trinajstić information content (AvgIpc) is 2.49. The van der Waals surface area contributed by atoms with E-state index >= 15 is 0 Å². The number of aromatic nitrogens is 3. The van der Waals surface area contributed by atoms with Crippen molar-refractivity contribution >= 4 is 5.82 Å². The Morgan fingerprint density at radius 1 is 0.762 bits per heavy atom. The smallest absolute Gasteiger partial charge is 0.150 e. The van der Waals surface area contributed by atoms with Crippen LogP contribution in [0.1, 0.15) is 0 Å². The number of rotatable bonds is 2. The number of hydrogen-bond donors (Lipinski definition) is 1. The number of halogens is 2. The zero-order valence-electron chi connectivity index (χ0n) is 10.8. The third kappa shape index (κ3) is 2.43. The summed E-state index contributed by atoms with van der Waals surface area (Å²) in [6, 6.07) is 6.12. The molecule has 0 aliphatic rings. The van der Waals surface area contributed by atoms with Gasteiger partial charge in [-0.05, 0) is 24.3 Å². The van der Waals surface area contributed by atoms with Crippen LogP contribution in [0.2, 0.25) is 0 Å². The Kier molecular flexibility index (Phi) is 3.27. The van der Waals surface area contributed by atoms with Gasteiger partial charge in [0.2, 0.25) is 0 Å². The summed E-state index contributed by atoms with van der Waals surface area (Å²) < 4.78 is 27.9. The Bertz CT molecular complexity index is 805. The first-order chi connectivity index (χ1) is 10.2. The fourth-order valence-electron chi connectivity index (χ4n) is 2.06. The highest BCUT2D eigenvalue weighted by Crippen LogP contribution is 2.33. The van der Waals surface area contributed by atoms with E-state index < -0.39 is 11.6 Å². The number of anilines is 1. The molecule has 2 N–H and O–H groups in total. The Morgan fingerprint density at radius 3 is 2.00 bits per heavy atom. The minimum Gasteiger partial charge on any atom is -0.384 e. The first kappa shape index (κ1) is 13.1. The molecule has 0 atom stereocenters. The van der Waals surface area contributed by atoms with Gasteiger partial charge < -0.3 is 5.73 Å². The van der Waals surface area contributed by atoms with E-state index in [0.717, 1.165) is 12.4 Å². The second-order valence-electron chi connectivity index (χ2n) is 4.34. The van der Waals surface area contributed by atoms with Crippen LogP contribution in [-0.2, 0) is 0 Å². The van der Waals surface area contributed by atoms with Crippen LogP contribution in [0.4, 0.5) is 14.6 Å². The number of nitrogen functional groups attached to an aromatic ring is 1. The predicted octanol–water partition coefficient (Wildman–Crippen LogP) is 3.07. The van der Waals surface area contributed by atoms with Crippen molar-refractivity contribution in [3.8, 4) is 22.4 Å². The van der Waals surface area contributed by atoms with Gasteiger partial charge in [0, 0.05) is 29.1 Å². The van der Waals surface area contributed by atoms with Crippen LogP contribution >= 0.6 is 0 Å². The maximum atomic E-state index is 14.0. The van der Waals surface area contributed by atoms with Gasteiger partial charge in [-0.3, -0.25) is 9.97 Å². The summed E-state index contributed by atoms with van der Waals surface area (Å²) in [6.45, 7) is 0. The van der Waals surface area contributed by atoms with E-state index in [1.165, 1.54) is 30.6 Å². The second kappa shape index (κ2) is 5.24. The first-order valence-electron chi connectivity index (χ1n) is 6.13. The largest absolute Gasteiger partial charge is 0.384 e. The van der Waals surface area contributed by atoms with Crippen LogP contribution in [0, 0.1) is 11.6 Å². The van der Waals surface area contributed by atoms with Crippen molar-refractivity contribution < 1.29 is 8.78 Å². The molecule has 0 saturated carbocycles. The van der Waals surface area contributed by atoms with Gasteiger partial charge in [-0.1, -0.05) is 0 Å². The predicted molar refractivity (Wildman–Crippen MR) is 75.0 cm³/mol. The van der Waals surface area contributed by atoms with E-state index in [4.69, 9.17) is 5.73 Å². The van der Waals surface area contributed by atoms with E-state index in [2.05, 4.69) is 15.0 Å². The molecular weight excluding hydrogens is 274 g/mol. The maximum Gasteiger partial charge on any atom is 0.150 e. The second-order valence-corrected chi connectivity index (χ2v) is 4.34. The topological polar surface area (TPSA) is 64.7 Å². The lowest BCUT2D eigenvalue weighted by atomic mass is 10.00. The minimum absolute atomic E-state index is 0.212. The van der Waals surface area contributed by atoms with E-state index in [1.54, 1.807) is 6.07 Å². The molecule has 0 unspecified atom stereocenters. The van der Waals surface area contributed by atoms with Crippen molar-refractivity contribution in [3.05, 3.63) is 60.7 Å². The summed E-state index contributed by atoms with van der Waals surface area (Å²) in [5, 5.41) is 0. The molecule has 3 aromatic heterocycles. The van der Waals surface area contributed by atoms with Gasteiger partial charge in [-0.25, -0.2) is 13.8 Å². The third-order valence-corrected chi connectivity index (χ3v) is 3.01. The SMILES string of the molecule is Nc1ccc(-c2ccncc2F)c(-c2ccncc2F)n1. The summed E-state index contributed by atoms with van der Waals surface area (Å²) in [5.74, 6) is -0.842. The molecular formula is C15H10F2N4. The van der Waals surface area contributed by atoms with Crippen molar-refractivity contribution in [2.75, 3.05) is 5.73 Å². The third-order valence-electron chi connectivity index (χ3n) is 3.01. The molecule has 104 valence electrons. The van der Waals surface area contributed by atoms with Gasteiger partial charge in [0.1, 0.15) is 11.6 Å². The minimum atomic E-state index is -0.550. The van der Waals surface area contributed by atoms with E-state index in [1.807, 2.05) is 0 Å². The molecule has 0 fully saturated rings. The Labute approximate surface area is 119 Å². The summed E-state index contributed by atoms with van der Waals surface area (Å²) >= 11 is 0. The molecule has 0 amide bonds. The van der Waals surface area contributed by atoms with Gasteiger partial charge >= 0.3 is 0 Å². The van der Waals surface area contributed by atoms with Crippen LogP contribution in [-0.4, -0.2) is 15.0 Å². The van der Waals surface area contributed by atoms with Crippen LogP contribution in [0.3, 0.4) is 0 Å². The van der Waals surface area contributed by atoms with Crippen molar-refractivity contribution in [2.45, 2.75) is 0 Å². The van der Waals surface area contributed by atoms with Crippen LogP contribution in [0.25, 0.3) is 22.4 Å². The molecule has 21 heavy (non-hydrogen) atoms. The van der Waals surface area contributed by atoms with Crippen molar-refractivity contribution in [3.63, 3.8) is 0 Å². The Balaban J connectivity index is 2.29. The monoisotopic (exact) mass is 284 g/mol. The van der Waals surface area contributed by atoms with E-state index in [9.17, 15) is 8.78 Å². The van der Waals surface area contributed by atoms with Crippen LogP contribution in [0.15, 0.2) is 49.1 Å². The van der Waals surface area contributed by atoms with Gasteiger partial charge in [0.25, 0.3) is 0 Å². The Morgan fingerprint density at radius 2 is 1.38 bits per heavy atom. The molecule has 6 heteroatoms. The first-order valence-corrected chi connectivity index (χ1v) is 6.13. The molecule has 0 aromatic carbocycles. The average molecular weight is 284 g/mol. The zero-order valence-corrected chi connectivity index (χ0v) is 10.8. The standard InChI is InChI=1S/C15H10F2N4/c16-12-7-19-5-3-9(12)10-1-2-14(18)21-15(10)11-4-6-20-8-13(11)17/h1-8H,(H2,18,21). The highest BCUT2D eigenvalue weighted by Gasteiger charge is 2.16. The van der Waals surface area contributed by atoms with E-state index in [0.29, 0.717) is 5.56 Å². The molecule has 3 aromatic rings. The van der Waals surface area contributed by atoms with Gasteiger partial charge in [0.15, 0.2) is 5.82 Å². The molecule has 0 bridgehead atoms. The van der Waals surface area contributed by atoms with Crippen molar-refractivity contribution in [1.82, 2.24) is 15.0 Å². The molecule has 3 rings (SSSR count). The lowest BCUT2D eigenvalue weighted by molar-refractivity contribution is 0.622. The van der Waals surface area contributed by atoms with E-state index in [-0.39, 0.29) is 22.6 Å². The fraction of sp³-hybridized carbons (Fsp3) is 0. The summed E-state index contributed by atoms with van der Waals surface area (Å²) in [7, 11) is 0. The Hall–Kier alpha value is -2.89. The number of nitrogens with zero attached hydrogens (tertiary/aromatic N) is 3. The molecule has 0 saturated heterocycles. The summed E-state index contributed by atoms with van der Waals surface area (Å²) in [4.78, 5) is 11.5. The highest BCUT2D eigenvalue weighted by molar-refractivity contribution is 5.81. The lowest BCUT2D eigenvalue weighted by Crippen LogP contribution is -1.98. The van der Waals surface area contributed by atoms with Crippen molar-refractivity contribution in [2.24, 2.45) is 0 Å². The number of nitrogens with two attached hydrogens (primary N) is 1. The number of hydrogen-bond acceptors (Lipinski definition) is 4. The normalized spacial score (nSPS) is 10.6. The lowest BCUT2D eigenvalue weighted by Gasteiger charge is -2.11. The summed E-state index contributed by atoms with van der Waals surface area (Å²) in [5.41, 5.74) is 6.87. The summed E-state index contributed by atoms with van der Waals surface area (Å²) in [6.07, 6.45) is 5.07. The molecule has 3 heterocycles. The van der Waals surface area contributed by atoms with Gasteiger partial charge in [0.05, 0.1) is 18.1 Å². The zero-order chi connectivity index (χ0) is 14.8. The molecule has 0 spiro atoms. The van der Waals surface area contributed by atoms with Crippen molar-refractivity contribution in [1.29, 1.82) is 0 Å². The number of pyridine rings is 3.